The lowest BCUT2D eigenvalue weighted by molar-refractivity contribution is 0.0279. The number of ketones is 1. The molecule has 0 saturated heterocycles. The van der Waals surface area contributed by atoms with Crippen molar-refractivity contribution in [1.29, 1.82) is 0 Å². The van der Waals surface area contributed by atoms with Gasteiger partial charge in [0.25, 0.3) is 0 Å². The molecule has 0 aliphatic carbocycles. The van der Waals surface area contributed by atoms with E-state index < -0.39 is 0 Å². The average molecular weight is 221 g/mol. The summed E-state index contributed by atoms with van der Waals surface area (Å²) in [6.45, 7) is 8.32. The molecule has 1 aromatic heterocycles. The monoisotopic (exact) mass is 221 g/mol. The van der Waals surface area contributed by atoms with Gasteiger partial charge in [0.05, 0.1) is 0 Å². The first-order valence-corrected chi connectivity index (χ1v) is 5.64. The van der Waals surface area contributed by atoms with Crippen LogP contribution < -0.4 is 0 Å². The van der Waals surface area contributed by atoms with Gasteiger partial charge in [-0.05, 0) is 31.9 Å². The minimum absolute atomic E-state index is 0.0179. The number of Topliss-reactive ketones (excluding diaryl/α,β-unsaturated/α-hetero) is 1. The maximum absolute atomic E-state index is 12.1. The highest BCUT2D eigenvalue weighted by atomic mass is 16.5. The maximum Gasteiger partial charge on any atom is 0.193 e. The smallest absolute Gasteiger partial charge is 0.193 e. The zero-order chi connectivity index (χ0) is 12.1. The number of pyridine rings is 1. The molecule has 1 rings (SSSR count). The van der Waals surface area contributed by atoms with Gasteiger partial charge in [0, 0.05) is 24.1 Å². The Labute approximate surface area is 96.8 Å². The van der Waals surface area contributed by atoms with E-state index >= 15 is 0 Å². The zero-order valence-electron chi connectivity index (χ0n) is 10.4. The number of carbonyl (C=O) groups is 1. The molecule has 1 atom stereocenters. The predicted octanol–water partition coefficient (Wildman–Crippen LogP) is 2.63. The maximum atomic E-state index is 12.1. The van der Waals surface area contributed by atoms with Gasteiger partial charge >= 0.3 is 0 Å². The van der Waals surface area contributed by atoms with Crippen molar-refractivity contribution in [3.8, 4) is 0 Å². The summed E-state index contributed by atoms with van der Waals surface area (Å²) in [6.07, 6.45) is 1.25. The molecule has 3 heteroatoms. The average Bonchev–Trinajstić information content (AvgIpc) is 2.25. The van der Waals surface area contributed by atoms with Gasteiger partial charge in [-0.25, -0.2) is 0 Å². The Balaban J connectivity index is 2.86. The van der Waals surface area contributed by atoms with Crippen LogP contribution in [0.15, 0.2) is 18.3 Å². The summed E-state index contributed by atoms with van der Waals surface area (Å²) in [5.41, 5.74) is 1.53. The SMILES string of the molecule is CCOC(C(=O)c1ccc(C)nc1)C(C)C. The first-order chi connectivity index (χ1) is 7.56. The van der Waals surface area contributed by atoms with E-state index in [1.54, 1.807) is 12.3 Å². The van der Waals surface area contributed by atoms with Gasteiger partial charge in [-0.15, -0.1) is 0 Å². The van der Waals surface area contributed by atoms with Crippen LogP contribution in [-0.4, -0.2) is 23.5 Å². The molecule has 16 heavy (non-hydrogen) atoms. The number of hydrogen-bond donors (Lipinski definition) is 0. The molecule has 0 saturated carbocycles. The van der Waals surface area contributed by atoms with E-state index in [2.05, 4.69) is 4.98 Å². The largest absolute Gasteiger partial charge is 0.370 e. The summed E-state index contributed by atoms with van der Waals surface area (Å²) in [6, 6.07) is 3.65. The summed E-state index contributed by atoms with van der Waals surface area (Å²) >= 11 is 0. The van der Waals surface area contributed by atoms with Crippen molar-refractivity contribution < 1.29 is 9.53 Å². The summed E-state index contributed by atoms with van der Waals surface area (Å²) < 4.78 is 5.47. The van der Waals surface area contributed by atoms with Crippen LogP contribution in [0.25, 0.3) is 0 Å². The van der Waals surface area contributed by atoms with Crippen LogP contribution in [0.5, 0.6) is 0 Å². The Hall–Kier alpha value is -1.22. The summed E-state index contributed by atoms with van der Waals surface area (Å²) in [7, 11) is 0. The highest BCUT2D eigenvalue weighted by molar-refractivity contribution is 5.99. The lowest BCUT2D eigenvalue weighted by Gasteiger charge is -2.19. The number of aromatic nitrogens is 1. The third-order valence-corrected chi connectivity index (χ3v) is 2.41. The molecular weight excluding hydrogens is 202 g/mol. The number of aryl methyl sites for hydroxylation is 1. The van der Waals surface area contributed by atoms with Crippen LogP contribution in [0.2, 0.25) is 0 Å². The predicted molar refractivity (Wildman–Crippen MR) is 63.6 cm³/mol. The molecular formula is C13H19NO2. The lowest BCUT2D eigenvalue weighted by atomic mass is 9.98. The van der Waals surface area contributed by atoms with Crippen molar-refractivity contribution in [1.82, 2.24) is 4.98 Å². The van der Waals surface area contributed by atoms with E-state index in [0.29, 0.717) is 12.2 Å². The van der Waals surface area contributed by atoms with E-state index in [4.69, 9.17) is 4.74 Å². The minimum atomic E-state index is -0.366. The Morgan fingerprint density at radius 3 is 2.56 bits per heavy atom. The van der Waals surface area contributed by atoms with E-state index in [1.165, 1.54) is 0 Å². The lowest BCUT2D eigenvalue weighted by Crippen LogP contribution is -2.30. The van der Waals surface area contributed by atoms with Crippen LogP contribution in [0.3, 0.4) is 0 Å². The summed E-state index contributed by atoms with van der Waals surface area (Å²) in [5, 5.41) is 0. The number of rotatable bonds is 5. The van der Waals surface area contributed by atoms with E-state index in [1.807, 2.05) is 33.8 Å². The van der Waals surface area contributed by atoms with Crippen LogP contribution in [0.1, 0.15) is 36.8 Å². The molecule has 0 aliphatic heterocycles. The van der Waals surface area contributed by atoms with E-state index in [0.717, 1.165) is 5.69 Å². The molecule has 0 N–H and O–H groups in total. The first kappa shape index (κ1) is 12.8. The van der Waals surface area contributed by atoms with Crippen molar-refractivity contribution >= 4 is 5.78 Å². The summed E-state index contributed by atoms with van der Waals surface area (Å²) in [5.74, 6) is 0.193. The van der Waals surface area contributed by atoms with Crippen LogP contribution in [0.4, 0.5) is 0 Å². The second-order valence-electron chi connectivity index (χ2n) is 4.17. The van der Waals surface area contributed by atoms with Gasteiger partial charge in [-0.2, -0.15) is 0 Å². The fraction of sp³-hybridized carbons (Fsp3) is 0.538. The van der Waals surface area contributed by atoms with Gasteiger partial charge in [0.15, 0.2) is 5.78 Å². The summed E-state index contributed by atoms with van der Waals surface area (Å²) in [4.78, 5) is 16.2. The molecule has 88 valence electrons. The Bertz CT molecular complexity index is 343. The van der Waals surface area contributed by atoms with Gasteiger partial charge in [-0.3, -0.25) is 9.78 Å². The molecule has 3 nitrogen and oxygen atoms in total. The fourth-order valence-corrected chi connectivity index (χ4v) is 1.53. The molecule has 0 spiro atoms. The van der Waals surface area contributed by atoms with E-state index in [-0.39, 0.29) is 17.8 Å². The molecule has 1 unspecified atom stereocenters. The van der Waals surface area contributed by atoms with Crippen molar-refractivity contribution in [3.63, 3.8) is 0 Å². The van der Waals surface area contributed by atoms with Crippen LogP contribution in [-0.2, 0) is 4.74 Å². The van der Waals surface area contributed by atoms with Gasteiger partial charge in [0.1, 0.15) is 6.10 Å². The van der Waals surface area contributed by atoms with Crippen molar-refractivity contribution in [3.05, 3.63) is 29.6 Å². The van der Waals surface area contributed by atoms with Crippen molar-refractivity contribution in [2.75, 3.05) is 6.61 Å². The van der Waals surface area contributed by atoms with Crippen LogP contribution in [0, 0.1) is 12.8 Å². The normalized spacial score (nSPS) is 12.8. The Morgan fingerprint density at radius 2 is 2.12 bits per heavy atom. The standard InChI is InChI=1S/C13H19NO2/c1-5-16-13(9(2)3)12(15)11-7-6-10(4)14-8-11/h6-9,13H,5H2,1-4H3. The van der Waals surface area contributed by atoms with Gasteiger partial charge in [0.2, 0.25) is 0 Å². The number of hydrogen-bond acceptors (Lipinski definition) is 3. The highest BCUT2D eigenvalue weighted by Gasteiger charge is 2.23. The van der Waals surface area contributed by atoms with Crippen LogP contribution >= 0.6 is 0 Å². The van der Waals surface area contributed by atoms with Gasteiger partial charge < -0.3 is 4.74 Å². The molecule has 0 aliphatic rings. The zero-order valence-corrected chi connectivity index (χ0v) is 10.4. The number of carbonyl (C=O) groups excluding carboxylic acids is 1. The molecule has 0 fully saturated rings. The van der Waals surface area contributed by atoms with E-state index in [9.17, 15) is 4.79 Å². The second-order valence-corrected chi connectivity index (χ2v) is 4.17. The topological polar surface area (TPSA) is 39.2 Å². The number of ether oxygens (including phenoxy) is 1. The Morgan fingerprint density at radius 1 is 1.44 bits per heavy atom. The number of nitrogens with zero attached hydrogens (tertiary/aromatic N) is 1. The second kappa shape index (κ2) is 5.75. The molecule has 0 amide bonds. The Kier molecular flexibility index (Phi) is 4.62. The molecule has 1 aromatic rings. The molecule has 1 heterocycles. The van der Waals surface area contributed by atoms with Crippen molar-refractivity contribution in [2.45, 2.75) is 33.8 Å². The third kappa shape index (κ3) is 3.14. The highest BCUT2D eigenvalue weighted by Crippen LogP contribution is 2.13. The molecule has 0 radical (unpaired) electrons. The third-order valence-electron chi connectivity index (χ3n) is 2.41. The molecule has 0 aromatic carbocycles. The van der Waals surface area contributed by atoms with Crippen molar-refractivity contribution in [2.24, 2.45) is 5.92 Å². The first-order valence-electron chi connectivity index (χ1n) is 5.64. The quantitative estimate of drug-likeness (QED) is 0.717. The van der Waals surface area contributed by atoms with Gasteiger partial charge in [-0.1, -0.05) is 13.8 Å². The minimum Gasteiger partial charge on any atom is -0.370 e. The fourth-order valence-electron chi connectivity index (χ4n) is 1.53. The molecule has 0 bridgehead atoms.